The molecule has 0 aromatic heterocycles. The van der Waals surface area contributed by atoms with Gasteiger partial charge in [-0.15, -0.1) is 11.8 Å². The maximum atomic E-state index is 13.1. The maximum Gasteiger partial charge on any atom is 0.255 e. The van der Waals surface area contributed by atoms with Gasteiger partial charge in [-0.1, -0.05) is 24.8 Å². The predicted molar refractivity (Wildman–Crippen MR) is 104 cm³/mol. The maximum absolute atomic E-state index is 13.1. The van der Waals surface area contributed by atoms with Crippen LogP contribution in [0.15, 0.2) is 36.9 Å². The van der Waals surface area contributed by atoms with Crippen molar-refractivity contribution in [2.24, 2.45) is 0 Å². The van der Waals surface area contributed by atoms with Crippen LogP contribution in [0.5, 0.6) is 0 Å². The highest BCUT2D eigenvalue weighted by Gasteiger charge is 2.37. The summed E-state index contributed by atoms with van der Waals surface area (Å²) in [5.41, 5.74) is 1.22. The molecule has 1 atom stereocenters. The van der Waals surface area contributed by atoms with Crippen LogP contribution >= 0.6 is 11.8 Å². The molecule has 3 amide bonds. The fourth-order valence-corrected chi connectivity index (χ4v) is 3.77. The third-order valence-corrected chi connectivity index (χ3v) is 5.45. The molecule has 1 N–H and O–H groups in total. The third kappa shape index (κ3) is 4.46. The summed E-state index contributed by atoms with van der Waals surface area (Å²) in [6, 6.07) is 6.75. The van der Waals surface area contributed by atoms with Gasteiger partial charge in [0.2, 0.25) is 11.8 Å². The van der Waals surface area contributed by atoms with E-state index in [9.17, 15) is 14.4 Å². The molecule has 1 aliphatic rings. The van der Waals surface area contributed by atoms with Crippen LogP contribution in [0, 0.1) is 0 Å². The number of carbonyl (C=O) groups is 3. The van der Waals surface area contributed by atoms with E-state index in [1.165, 1.54) is 6.08 Å². The third-order valence-electron chi connectivity index (χ3n) is 4.44. The second kappa shape index (κ2) is 8.89. The molecular weight excluding hydrogens is 350 g/mol. The SMILES string of the molecule is C=CC(=O)NCc1ccccc1C(=O)N1CSCC1C(=O)N(C)C(C)C. The Morgan fingerprint density at radius 1 is 1.38 bits per heavy atom. The van der Waals surface area contributed by atoms with Gasteiger partial charge in [-0.3, -0.25) is 14.4 Å². The van der Waals surface area contributed by atoms with E-state index >= 15 is 0 Å². The Morgan fingerprint density at radius 3 is 2.73 bits per heavy atom. The topological polar surface area (TPSA) is 69.7 Å². The minimum absolute atomic E-state index is 0.0456. The van der Waals surface area contributed by atoms with Crippen LogP contribution in [0.2, 0.25) is 0 Å². The first kappa shape index (κ1) is 20.0. The van der Waals surface area contributed by atoms with Crippen molar-refractivity contribution in [2.45, 2.75) is 32.5 Å². The summed E-state index contributed by atoms with van der Waals surface area (Å²) in [5, 5.41) is 2.69. The molecular formula is C19H25N3O3S. The van der Waals surface area contributed by atoms with Gasteiger partial charge in [0, 0.05) is 31.0 Å². The molecule has 26 heavy (non-hydrogen) atoms. The van der Waals surface area contributed by atoms with Crippen molar-refractivity contribution in [3.63, 3.8) is 0 Å². The van der Waals surface area contributed by atoms with E-state index < -0.39 is 6.04 Å². The van der Waals surface area contributed by atoms with E-state index in [0.717, 1.165) is 0 Å². The molecule has 1 unspecified atom stereocenters. The molecule has 1 saturated heterocycles. The second-order valence-electron chi connectivity index (χ2n) is 6.41. The number of carbonyl (C=O) groups excluding carboxylic acids is 3. The summed E-state index contributed by atoms with van der Waals surface area (Å²) in [6.07, 6.45) is 1.19. The minimum Gasteiger partial charge on any atom is -0.348 e. The lowest BCUT2D eigenvalue weighted by atomic mass is 10.1. The van der Waals surface area contributed by atoms with Crippen molar-refractivity contribution in [2.75, 3.05) is 18.7 Å². The standard InChI is InChI=1S/C19H25N3O3S/c1-5-17(23)20-10-14-8-6-7-9-15(14)18(24)22-12-26-11-16(22)19(25)21(4)13(2)3/h5-9,13,16H,1,10-12H2,2-4H3,(H,20,23). The highest BCUT2D eigenvalue weighted by Crippen LogP contribution is 2.26. The van der Waals surface area contributed by atoms with Gasteiger partial charge in [0.15, 0.2) is 0 Å². The van der Waals surface area contributed by atoms with Crippen LogP contribution in [0.25, 0.3) is 0 Å². The Bertz CT molecular complexity index is 705. The number of likely N-dealkylation sites (N-methyl/N-ethyl adjacent to an activating group) is 1. The van der Waals surface area contributed by atoms with Crippen molar-refractivity contribution < 1.29 is 14.4 Å². The molecule has 7 heteroatoms. The van der Waals surface area contributed by atoms with Crippen LogP contribution in [0.1, 0.15) is 29.8 Å². The summed E-state index contributed by atoms with van der Waals surface area (Å²) in [5.74, 6) is 0.547. The smallest absolute Gasteiger partial charge is 0.255 e. The van der Waals surface area contributed by atoms with Gasteiger partial charge in [-0.2, -0.15) is 0 Å². The number of thioether (sulfide) groups is 1. The number of amides is 3. The zero-order valence-corrected chi connectivity index (χ0v) is 16.2. The fourth-order valence-electron chi connectivity index (χ4n) is 2.63. The average Bonchev–Trinajstić information content (AvgIpc) is 3.14. The van der Waals surface area contributed by atoms with Gasteiger partial charge in [-0.05, 0) is 31.6 Å². The Hall–Kier alpha value is -2.28. The number of rotatable bonds is 6. The molecule has 0 bridgehead atoms. The van der Waals surface area contributed by atoms with Crippen molar-refractivity contribution in [3.8, 4) is 0 Å². The van der Waals surface area contributed by atoms with Crippen molar-refractivity contribution >= 4 is 29.5 Å². The first-order valence-corrected chi connectivity index (χ1v) is 9.65. The lowest BCUT2D eigenvalue weighted by molar-refractivity contribution is -0.135. The highest BCUT2D eigenvalue weighted by atomic mass is 32.2. The molecule has 0 aliphatic carbocycles. The van der Waals surface area contributed by atoms with Gasteiger partial charge < -0.3 is 15.1 Å². The molecule has 2 rings (SSSR count). The van der Waals surface area contributed by atoms with Crippen LogP contribution < -0.4 is 5.32 Å². The number of hydrogen-bond donors (Lipinski definition) is 1. The number of nitrogens with one attached hydrogen (secondary N) is 1. The highest BCUT2D eigenvalue weighted by molar-refractivity contribution is 7.99. The van der Waals surface area contributed by atoms with Crippen LogP contribution in [0.4, 0.5) is 0 Å². The summed E-state index contributed by atoms with van der Waals surface area (Å²) < 4.78 is 0. The summed E-state index contributed by atoms with van der Waals surface area (Å²) in [7, 11) is 1.76. The second-order valence-corrected chi connectivity index (χ2v) is 7.41. The van der Waals surface area contributed by atoms with Gasteiger partial charge in [0.05, 0.1) is 5.88 Å². The average molecular weight is 375 g/mol. The van der Waals surface area contributed by atoms with Gasteiger partial charge in [-0.25, -0.2) is 0 Å². The number of hydrogen-bond acceptors (Lipinski definition) is 4. The number of benzene rings is 1. The quantitative estimate of drug-likeness (QED) is 0.771. The predicted octanol–water partition coefficient (Wildman–Crippen LogP) is 1.87. The number of nitrogens with zero attached hydrogens (tertiary/aromatic N) is 2. The normalized spacial score (nSPS) is 16.5. The molecule has 1 fully saturated rings. The monoisotopic (exact) mass is 375 g/mol. The lowest BCUT2D eigenvalue weighted by Gasteiger charge is -2.30. The van der Waals surface area contributed by atoms with E-state index in [1.54, 1.807) is 46.8 Å². The summed E-state index contributed by atoms with van der Waals surface area (Å²) in [6.45, 7) is 7.55. The molecule has 6 nitrogen and oxygen atoms in total. The van der Waals surface area contributed by atoms with E-state index in [1.807, 2.05) is 19.9 Å². The molecule has 0 spiro atoms. The molecule has 1 heterocycles. The fraction of sp³-hybridized carbons (Fsp3) is 0.421. The largest absolute Gasteiger partial charge is 0.348 e. The first-order valence-electron chi connectivity index (χ1n) is 8.50. The van der Waals surface area contributed by atoms with Gasteiger partial charge in [0.25, 0.3) is 5.91 Å². The summed E-state index contributed by atoms with van der Waals surface area (Å²) >= 11 is 1.57. The zero-order chi connectivity index (χ0) is 19.3. The first-order chi connectivity index (χ1) is 12.4. The Kier molecular flexibility index (Phi) is 6.85. The molecule has 1 aromatic rings. The van der Waals surface area contributed by atoms with E-state index in [2.05, 4.69) is 11.9 Å². The lowest BCUT2D eigenvalue weighted by Crippen LogP contribution is -2.49. The van der Waals surface area contributed by atoms with E-state index in [0.29, 0.717) is 22.8 Å². The Balaban J connectivity index is 2.21. The van der Waals surface area contributed by atoms with Gasteiger partial charge >= 0.3 is 0 Å². The molecule has 0 saturated carbocycles. The van der Waals surface area contributed by atoms with Crippen molar-refractivity contribution in [1.29, 1.82) is 0 Å². The summed E-state index contributed by atoms with van der Waals surface area (Å²) in [4.78, 5) is 40.5. The zero-order valence-electron chi connectivity index (χ0n) is 15.4. The molecule has 1 aliphatic heterocycles. The minimum atomic E-state index is -0.462. The molecule has 1 aromatic carbocycles. The van der Waals surface area contributed by atoms with Crippen LogP contribution in [0.3, 0.4) is 0 Å². The Morgan fingerprint density at radius 2 is 2.08 bits per heavy atom. The van der Waals surface area contributed by atoms with Gasteiger partial charge in [0.1, 0.15) is 6.04 Å². The molecule has 0 radical (unpaired) electrons. The van der Waals surface area contributed by atoms with Crippen molar-refractivity contribution in [3.05, 3.63) is 48.0 Å². The van der Waals surface area contributed by atoms with Crippen LogP contribution in [-0.2, 0) is 16.1 Å². The van der Waals surface area contributed by atoms with E-state index in [-0.39, 0.29) is 30.3 Å². The molecule has 140 valence electrons. The Labute approximate surface area is 158 Å². The van der Waals surface area contributed by atoms with Crippen LogP contribution in [-0.4, -0.2) is 58.3 Å². The van der Waals surface area contributed by atoms with Crippen molar-refractivity contribution in [1.82, 2.24) is 15.1 Å². The van der Waals surface area contributed by atoms with E-state index in [4.69, 9.17) is 0 Å².